The molecule has 3 N–H and O–H groups in total. The molecule has 0 spiro atoms. The van der Waals surface area contributed by atoms with Crippen LogP contribution in [0.2, 0.25) is 0 Å². The molecule has 6 heteroatoms. The molecular formula is C16H17FN4O. The van der Waals surface area contributed by atoms with Gasteiger partial charge in [-0.15, -0.1) is 0 Å². The normalized spacial score (nSPS) is 14.9. The van der Waals surface area contributed by atoms with E-state index in [1.807, 2.05) is 6.07 Å². The fraction of sp³-hybridized carbons (Fsp3) is 0.250. The van der Waals surface area contributed by atoms with Gasteiger partial charge in [0.15, 0.2) is 0 Å². The molecule has 3 rings (SSSR count). The summed E-state index contributed by atoms with van der Waals surface area (Å²) in [5, 5.41) is 8.30. The maximum Gasteiger partial charge on any atom is 0.129 e. The molecule has 1 fully saturated rings. The van der Waals surface area contributed by atoms with Crippen LogP contribution < -0.4 is 10.6 Å². The minimum absolute atomic E-state index is 0.189. The Bertz CT molecular complexity index is 698. The number of nitrogen functional groups attached to an aromatic ring is 1. The van der Waals surface area contributed by atoms with Crippen molar-refractivity contribution < 1.29 is 9.13 Å². The first kappa shape index (κ1) is 14.5. The number of rotatable bonds is 3. The van der Waals surface area contributed by atoms with E-state index in [1.165, 1.54) is 18.2 Å². The second-order valence-electron chi connectivity index (χ2n) is 5.11. The summed E-state index contributed by atoms with van der Waals surface area (Å²) in [7, 11) is 0. The fourth-order valence-electron chi connectivity index (χ4n) is 2.44. The van der Waals surface area contributed by atoms with Gasteiger partial charge in [-0.1, -0.05) is 0 Å². The van der Waals surface area contributed by atoms with Crippen molar-refractivity contribution in [1.29, 1.82) is 5.41 Å². The summed E-state index contributed by atoms with van der Waals surface area (Å²) in [6.45, 7) is 2.87. The standard InChI is InChI=1S/C16H17FN4O/c17-12-1-2-14(18)13(10-12)16(19)11-3-4-20-15(9-11)21-5-7-22-8-6-21/h1-4,9-10,19H,5-8,18H2. The Morgan fingerprint density at radius 1 is 1.23 bits per heavy atom. The topological polar surface area (TPSA) is 75.2 Å². The molecule has 0 saturated carbocycles. The van der Waals surface area contributed by atoms with Crippen LogP contribution >= 0.6 is 0 Å². The van der Waals surface area contributed by atoms with Crippen molar-refractivity contribution in [2.45, 2.75) is 0 Å². The van der Waals surface area contributed by atoms with Crippen LogP contribution in [-0.2, 0) is 4.74 Å². The number of nitrogens with two attached hydrogens (primary N) is 1. The summed E-state index contributed by atoms with van der Waals surface area (Å²) in [5.74, 6) is 0.386. The molecule has 1 saturated heterocycles. The number of pyridine rings is 1. The summed E-state index contributed by atoms with van der Waals surface area (Å²) in [4.78, 5) is 6.45. The average molecular weight is 300 g/mol. The average Bonchev–Trinajstić information content (AvgIpc) is 2.57. The highest BCUT2D eigenvalue weighted by atomic mass is 19.1. The minimum atomic E-state index is -0.406. The van der Waals surface area contributed by atoms with E-state index < -0.39 is 5.82 Å². The Labute approximate surface area is 128 Å². The Kier molecular flexibility index (Phi) is 4.02. The van der Waals surface area contributed by atoms with Gasteiger partial charge in [0.25, 0.3) is 0 Å². The lowest BCUT2D eigenvalue weighted by molar-refractivity contribution is 0.122. The van der Waals surface area contributed by atoms with Crippen molar-refractivity contribution in [2.24, 2.45) is 0 Å². The van der Waals surface area contributed by atoms with Gasteiger partial charge < -0.3 is 15.4 Å². The lowest BCUT2D eigenvalue weighted by Gasteiger charge is -2.28. The lowest BCUT2D eigenvalue weighted by Crippen LogP contribution is -2.36. The fourth-order valence-corrected chi connectivity index (χ4v) is 2.44. The number of nitrogens with zero attached hydrogens (tertiary/aromatic N) is 2. The minimum Gasteiger partial charge on any atom is -0.398 e. The van der Waals surface area contributed by atoms with Crippen LogP contribution in [0, 0.1) is 11.2 Å². The largest absolute Gasteiger partial charge is 0.398 e. The van der Waals surface area contributed by atoms with Gasteiger partial charge in [0.05, 0.1) is 18.9 Å². The molecule has 0 amide bonds. The van der Waals surface area contributed by atoms with Gasteiger partial charge in [0.1, 0.15) is 11.6 Å². The van der Waals surface area contributed by atoms with Crippen LogP contribution in [0.4, 0.5) is 15.9 Å². The number of hydrogen-bond acceptors (Lipinski definition) is 5. The van der Waals surface area contributed by atoms with Crippen molar-refractivity contribution in [3.8, 4) is 0 Å². The molecule has 1 aliphatic rings. The van der Waals surface area contributed by atoms with E-state index in [2.05, 4.69) is 9.88 Å². The molecular weight excluding hydrogens is 283 g/mol. The summed E-state index contributed by atoms with van der Waals surface area (Å²) >= 11 is 0. The van der Waals surface area contributed by atoms with Crippen LogP contribution in [-0.4, -0.2) is 37.0 Å². The highest BCUT2D eigenvalue weighted by molar-refractivity contribution is 6.14. The zero-order valence-electron chi connectivity index (χ0n) is 12.1. The van der Waals surface area contributed by atoms with E-state index in [4.69, 9.17) is 15.9 Å². The molecule has 0 unspecified atom stereocenters. The maximum absolute atomic E-state index is 13.4. The molecule has 0 radical (unpaired) electrons. The van der Waals surface area contributed by atoms with Gasteiger partial charge in [-0.2, -0.15) is 0 Å². The van der Waals surface area contributed by atoms with Gasteiger partial charge in [-0.3, -0.25) is 5.41 Å². The molecule has 114 valence electrons. The number of anilines is 2. The van der Waals surface area contributed by atoms with Crippen molar-refractivity contribution in [2.75, 3.05) is 36.9 Å². The van der Waals surface area contributed by atoms with Crippen molar-refractivity contribution in [3.05, 3.63) is 53.5 Å². The first-order chi connectivity index (χ1) is 10.6. The van der Waals surface area contributed by atoms with Crippen LogP contribution in [0.3, 0.4) is 0 Å². The monoisotopic (exact) mass is 300 g/mol. The van der Waals surface area contributed by atoms with E-state index in [1.54, 1.807) is 12.3 Å². The number of morpholine rings is 1. The molecule has 1 aromatic heterocycles. The van der Waals surface area contributed by atoms with E-state index >= 15 is 0 Å². The zero-order chi connectivity index (χ0) is 15.5. The van der Waals surface area contributed by atoms with Crippen molar-refractivity contribution >= 4 is 17.2 Å². The third kappa shape index (κ3) is 2.92. The number of hydrogen-bond donors (Lipinski definition) is 2. The molecule has 1 aliphatic heterocycles. The first-order valence-electron chi connectivity index (χ1n) is 7.08. The Morgan fingerprint density at radius 2 is 2.00 bits per heavy atom. The summed E-state index contributed by atoms with van der Waals surface area (Å²) in [5.41, 5.74) is 7.48. The van der Waals surface area contributed by atoms with E-state index in [0.29, 0.717) is 30.0 Å². The molecule has 0 aliphatic carbocycles. The number of nitrogens with one attached hydrogen (secondary N) is 1. The van der Waals surface area contributed by atoms with Gasteiger partial charge >= 0.3 is 0 Å². The van der Waals surface area contributed by atoms with Gasteiger partial charge in [0.2, 0.25) is 0 Å². The summed E-state index contributed by atoms with van der Waals surface area (Å²) in [6, 6.07) is 7.61. The molecule has 5 nitrogen and oxygen atoms in total. The molecule has 2 aromatic rings. The van der Waals surface area contributed by atoms with Crippen LogP contribution in [0.25, 0.3) is 0 Å². The SMILES string of the molecule is N=C(c1ccnc(N2CCOCC2)c1)c1cc(F)ccc1N. The number of ether oxygens (including phenoxy) is 1. The molecule has 0 bridgehead atoms. The highest BCUT2D eigenvalue weighted by Gasteiger charge is 2.15. The number of aromatic nitrogens is 1. The van der Waals surface area contributed by atoms with Gasteiger partial charge in [-0.05, 0) is 30.3 Å². The van der Waals surface area contributed by atoms with Crippen molar-refractivity contribution in [1.82, 2.24) is 4.98 Å². The molecule has 1 aromatic carbocycles. The Balaban J connectivity index is 1.91. The molecule has 2 heterocycles. The Hall–Kier alpha value is -2.47. The van der Waals surface area contributed by atoms with Gasteiger partial charge in [0, 0.05) is 36.1 Å². The first-order valence-corrected chi connectivity index (χ1v) is 7.08. The third-order valence-electron chi connectivity index (χ3n) is 3.65. The van der Waals surface area contributed by atoms with Crippen LogP contribution in [0.15, 0.2) is 36.5 Å². The summed E-state index contributed by atoms with van der Waals surface area (Å²) < 4.78 is 18.7. The predicted molar refractivity (Wildman–Crippen MR) is 84.0 cm³/mol. The van der Waals surface area contributed by atoms with Crippen LogP contribution in [0.1, 0.15) is 11.1 Å². The van der Waals surface area contributed by atoms with E-state index in [9.17, 15) is 4.39 Å². The van der Waals surface area contributed by atoms with Crippen LogP contribution in [0.5, 0.6) is 0 Å². The second-order valence-corrected chi connectivity index (χ2v) is 5.11. The quantitative estimate of drug-likeness (QED) is 0.672. The van der Waals surface area contributed by atoms with Gasteiger partial charge in [-0.25, -0.2) is 9.37 Å². The number of benzene rings is 1. The lowest BCUT2D eigenvalue weighted by atomic mass is 10.0. The smallest absolute Gasteiger partial charge is 0.129 e. The van der Waals surface area contributed by atoms with Crippen molar-refractivity contribution in [3.63, 3.8) is 0 Å². The highest BCUT2D eigenvalue weighted by Crippen LogP contribution is 2.20. The maximum atomic E-state index is 13.4. The summed E-state index contributed by atoms with van der Waals surface area (Å²) in [6.07, 6.45) is 1.66. The van der Waals surface area contributed by atoms with E-state index in [0.717, 1.165) is 18.9 Å². The van der Waals surface area contributed by atoms with E-state index in [-0.39, 0.29) is 5.71 Å². The molecule has 22 heavy (non-hydrogen) atoms. The second kappa shape index (κ2) is 6.11. The zero-order valence-corrected chi connectivity index (χ0v) is 12.1. The predicted octanol–water partition coefficient (Wildman–Crippen LogP) is 2.06. The third-order valence-corrected chi connectivity index (χ3v) is 3.65. The molecule has 0 atom stereocenters. The number of halogens is 1. The Morgan fingerprint density at radius 3 is 2.77 bits per heavy atom.